The van der Waals surface area contributed by atoms with E-state index in [4.69, 9.17) is 23.2 Å². The molecule has 0 atom stereocenters. The van der Waals surface area contributed by atoms with E-state index in [1.54, 1.807) is 48.8 Å². The molecule has 23 heavy (non-hydrogen) atoms. The number of carbonyl (C=O) groups is 1. The summed E-state index contributed by atoms with van der Waals surface area (Å²) < 4.78 is 1.49. The van der Waals surface area contributed by atoms with E-state index in [2.05, 4.69) is 20.6 Å². The molecular formula is C15H11Cl2N5O. The third-order valence-electron chi connectivity index (χ3n) is 3.03. The first kappa shape index (κ1) is 15.5. The molecular weight excluding hydrogens is 337 g/mol. The molecule has 0 unspecified atom stereocenters. The molecule has 8 heteroatoms. The van der Waals surface area contributed by atoms with Crippen molar-refractivity contribution in [1.82, 2.24) is 25.3 Å². The lowest BCUT2D eigenvalue weighted by Gasteiger charge is -2.04. The van der Waals surface area contributed by atoms with Crippen molar-refractivity contribution < 1.29 is 4.79 Å². The Morgan fingerprint density at radius 3 is 2.83 bits per heavy atom. The summed E-state index contributed by atoms with van der Waals surface area (Å²) in [6.07, 6.45) is 3.25. The van der Waals surface area contributed by atoms with E-state index in [1.165, 1.54) is 4.68 Å². The minimum Gasteiger partial charge on any atom is -0.346 e. The summed E-state index contributed by atoms with van der Waals surface area (Å²) in [5, 5.41) is 11.7. The molecule has 0 radical (unpaired) electrons. The summed E-state index contributed by atoms with van der Waals surface area (Å²) in [6, 6.07) is 10.2. The monoisotopic (exact) mass is 347 g/mol. The van der Waals surface area contributed by atoms with Crippen LogP contribution >= 0.6 is 23.2 Å². The SMILES string of the molecule is O=C(NCc1cn(-c2cc(Cl)ccn2)nn1)c1ccccc1Cl. The van der Waals surface area contributed by atoms with Crippen molar-refractivity contribution in [3.63, 3.8) is 0 Å². The van der Waals surface area contributed by atoms with E-state index in [0.29, 0.717) is 27.1 Å². The number of nitrogens with zero attached hydrogens (tertiary/aromatic N) is 4. The number of carbonyl (C=O) groups excluding carboxylic acids is 1. The van der Waals surface area contributed by atoms with Crippen molar-refractivity contribution in [2.45, 2.75) is 6.54 Å². The summed E-state index contributed by atoms with van der Waals surface area (Å²) in [7, 11) is 0. The largest absolute Gasteiger partial charge is 0.346 e. The lowest BCUT2D eigenvalue weighted by Crippen LogP contribution is -2.23. The van der Waals surface area contributed by atoms with Crippen molar-refractivity contribution >= 4 is 29.1 Å². The van der Waals surface area contributed by atoms with E-state index in [-0.39, 0.29) is 12.5 Å². The first-order chi connectivity index (χ1) is 11.1. The lowest BCUT2D eigenvalue weighted by atomic mass is 10.2. The van der Waals surface area contributed by atoms with Gasteiger partial charge in [-0.25, -0.2) is 9.67 Å². The molecule has 1 amide bonds. The Morgan fingerprint density at radius 1 is 1.22 bits per heavy atom. The van der Waals surface area contributed by atoms with Crippen LogP contribution in [0.15, 0.2) is 48.8 Å². The summed E-state index contributed by atoms with van der Waals surface area (Å²) in [4.78, 5) is 16.2. The van der Waals surface area contributed by atoms with E-state index >= 15 is 0 Å². The first-order valence-electron chi connectivity index (χ1n) is 6.69. The smallest absolute Gasteiger partial charge is 0.253 e. The van der Waals surface area contributed by atoms with Gasteiger partial charge in [-0.1, -0.05) is 40.5 Å². The molecule has 0 bridgehead atoms. The molecule has 0 aliphatic rings. The summed E-state index contributed by atoms with van der Waals surface area (Å²) >= 11 is 11.9. The second kappa shape index (κ2) is 6.76. The summed E-state index contributed by atoms with van der Waals surface area (Å²) in [5.74, 6) is 0.278. The second-order valence-corrected chi connectivity index (χ2v) is 5.49. The van der Waals surface area contributed by atoms with Crippen LogP contribution in [-0.2, 0) is 6.54 Å². The number of aromatic nitrogens is 4. The van der Waals surface area contributed by atoms with Gasteiger partial charge >= 0.3 is 0 Å². The Labute approximate surface area is 142 Å². The normalized spacial score (nSPS) is 10.5. The van der Waals surface area contributed by atoms with Crippen molar-refractivity contribution in [3.05, 3.63) is 70.1 Å². The van der Waals surface area contributed by atoms with Crippen molar-refractivity contribution in [3.8, 4) is 5.82 Å². The molecule has 2 heterocycles. The van der Waals surface area contributed by atoms with Crippen LogP contribution in [0.3, 0.4) is 0 Å². The number of pyridine rings is 1. The topological polar surface area (TPSA) is 72.7 Å². The van der Waals surface area contributed by atoms with Crippen LogP contribution in [0.2, 0.25) is 10.0 Å². The van der Waals surface area contributed by atoms with Crippen molar-refractivity contribution in [1.29, 1.82) is 0 Å². The van der Waals surface area contributed by atoms with Crippen LogP contribution in [0.25, 0.3) is 5.82 Å². The fourth-order valence-corrected chi connectivity index (χ4v) is 2.30. The number of nitrogens with one attached hydrogen (secondary N) is 1. The van der Waals surface area contributed by atoms with Crippen LogP contribution in [0, 0.1) is 0 Å². The third-order valence-corrected chi connectivity index (χ3v) is 3.60. The quantitative estimate of drug-likeness (QED) is 0.787. The molecule has 0 saturated heterocycles. The Morgan fingerprint density at radius 2 is 2.04 bits per heavy atom. The minimum atomic E-state index is -0.272. The zero-order valence-corrected chi connectivity index (χ0v) is 13.3. The van der Waals surface area contributed by atoms with E-state index < -0.39 is 0 Å². The Hall–Kier alpha value is -2.44. The van der Waals surface area contributed by atoms with E-state index in [9.17, 15) is 4.79 Å². The number of halogens is 2. The van der Waals surface area contributed by atoms with Gasteiger partial charge in [-0.05, 0) is 18.2 Å². The molecule has 116 valence electrons. The highest BCUT2D eigenvalue weighted by Crippen LogP contribution is 2.15. The zero-order valence-electron chi connectivity index (χ0n) is 11.8. The highest BCUT2D eigenvalue weighted by Gasteiger charge is 2.10. The number of hydrogen-bond acceptors (Lipinski definition) is 4. The Balaban J connectivity index is 1.68. The Kier molecular flexibility index (Phi) is 4.55. The van der Waals surface area contributed by atoms with E-state index in [0.717, 1.165) is 0 Å². The molecule has 3 rings (SSSR count). The van der Waals surface area contributed by atoms with Gasteiger partial charge in [0.25, 0.3) is 5.91 Å². The molecule has 1 N–H and O–H groups in total. The number of benzene rings is 1. The van der Waals surface area contributed by atoms with Crippen LogP contribution in [0.1, 0.15) is 16.1 Å². The molecule has 3 aromatic rings. The second-order valence-electron chi connectivity index (χ2n) is 4.65. The number of rotatable bonds is 4. The van der Waals surface area contributed by atoms with Crippen LogP contribution in [-0.4, -0.2) is 25.9 Å². The summed E-state index contributed by atoms with van der Waals surface area (Å²) in [5.41, 5.74) is 1.00. The van der Waals surface area contributed by atoms with Gasteiger partial charge in [-0.3, -0.25) is 4.79 Å². The highest BCUT2D eigenvalue weighted by molar-refractivity contribution is 6.33. The maximum absolute atomic E-state index is 12.1. The minimum absolute atomic E-state index is 0.227. The molecule has 0 spiro atoms. The molecule has 0 aliphatic heterocycles. The molecule has 0 fully saturated rings. The number of hydrogen-bond donors (Lipinski definition) is 1. The molecule has 0 aliphatic carbocycles. The van der Waals surface area contributed by atoms with Gasteiger partial charge in [0.05, 0.1) is 23.3 Å². The van der Waals surface area contributed by atoms with Gasteiger partial charge < -0.3 is 5.32 Å². The Bertz CT molecular complexity index is 849. The summed E-state index contributed by atoms with van der Waals surface area (Å²) in [6.45, 7) is 0.227. The third kappa shape index (κ3) is 3.67. The zero-order chi connectivity index (χ0) is 16.2. The van der Waals surface area contributed by atoms with Gasteiger partial charge in [0, 0.05) is 17.3 Å². The van der Waals surface area contributed by atoms with Crippen LogP contribution < -0.4 is 5.32 Å². The van der Waals surface area contributed by atoms with Crippen LogP contribution in [0.5, 0.6) is 0 Å². The molecule has 1 aromatic carbocycles. The van der Waals surface area contributed by atoms with Gasteiger partial charge in [0.1, 0.15) is 5.69 Å². The average molecular weight is 348 g/mol. The lowest BCUT2D eigenvalue weighted by molar-refractivity contribution is 0.0950. The predicted octanol–water partition coefficient (Wildman–Crippen LogP) is 2.90. The van der Waals surface area contributed by atoms with Gasteiger partial charge in [-0.2, -0.15) is 0 Å². The molecule has 0 saturated carbocycles. The van der Waals surface area contributed by atoms with Gasteiger partial charge in [0.15, 0.2) is 5.82 Å². The maximum Gasteiger partial charge on any atom is 0.253 e. The molecule has 6 nitrogen and oxygen atoms in total. The average Bonchev–Trinajstić information content (AvgIpc) is 3.02. The fraction of sp³-hybridized carbons (Fsp3) is 0.0667. The van der Waals surface area contributed by atoms with Crippen LogP contribution in [0.4, 0.5) is 0 Å². The maximum atomic E-state index is 12.1. The standard InChI is InChI=1S/C15H11Cl2N5O/c16-10-5-6-18-14(7-10)22-9-11(20-21-22)8-19-15(23)12-3-1-2-4-13(12)17/h1-7,9H,8H2,(H,19,23). The van der Waals surface area contributed by atoms with Crippen molar-refractivity contribution in [2.75, 3.05) is 0 Å². The number of amides is 1. The first-order valence-corrected chi connectivity index (χ1v) is 7.45. The molecule has 2 aromatic heterocycles. The van der Waals surface area contributed by atoms with Gasteiger partial charge in [-0.15, -0.1) is 5.10 Å². The highest BCUT2D eigenvalue weighted by atomic mass is 35.5. The predicted molar refractivity (Wildman–Crippen MR) is 86.8 cm³/mol. The van der Waals surface area contributed by atoms with E-state index in [1.807, 2.05) is 0 Å². The fourth-order valence-electron chi connectivity index (χ4n) is 1.92. The van der Waals surface area contributed by atoms with Gasteiger partial charge in [0.2, 0.25) is 0 Å². The van der Waals surface area contributed by atoms with Crippen molar-refractivity contribution in [2.24, 2.45) is 0 Å².